The molecule has 0 saturated carbocycles. The number of ether oxygens (including phenoxy) is 1. The fraction of sp³-hybridized carbons (Fsp3) is 0.526. The standard InChI is InChI=1S/C19H24N2O5/c22-17-9-6-13-12-14(7-8-15(13)20-17)26-11-3-5-18(23)21-10-2-1-4-16(21)19(24)25/h7-8,12,16H,1-6,9-11H2,(H,20,22)(H,24,25). The van der Waals surface area contributed by atoms with E-state index in [0.717, 1.165) is 24.1 Å². The minimum Gasteiger partial charge on any atom is -0.494 e. The summed E-state index contributed by atoms with van der Waals surface area (Å²) in [4.78, 5) is 36.5. The molecule has 0 aromatic heterocycles. The highest BCUT2D eigenvalue weighted by atomic mass is 16.5. The molecule has 1 unspecified atom stereocenters. The Labute approximate surface area is 152 Å². The number of carboxylic acids is 1. The van der Waals surface area contributed by atoms with Gasteiger partial charge in [0.2, 0.25) is 11.8 Å². The van der Waals surface area contributed by atoms with Gasteiger partial charge in [-0.1, -0.05) is 0 Å². The number of benzene rings is 1. The third kappa shape index (κ3) is 4.33. The molecule has 2 heterocycles. The molecule has 3 rings (SSSR count). The maximum atomic E-state index is 12.3. The van der Waals surface area contributed by atoms with Gasteiger partial charge in [0, 0.05) is 25.1 Å². The topological polar surface area (TPSA) is 95.9 Å². The van der Waals surface area contributed by atoms with Crippen LogP contribution in [0.3, 0.4) is 0 Å². The molecule has 0 spiro atoms. The maximum absolute atomic E-state index is 12.3. The molecule has 2 aliphatic rings. The number of nitrogens with zero attached hydrogens (tertiary/aromatic N) is 1. The van der Waals surface area contributed by atoms with Gasteiger partial charge in [-0.15, -0.1) is 0 Å². The lowest BCUT2D eigenvalue weighted by Gasteiger charge is -2.33. The average molecular weight is 360 g/mol. The number of anilines is 1. The van der Waals surface area contributed by atoms with E-state index in [1.165, 1.54) is 4.90 Å². The number of likely N-dealkylation sites (tertiary alicyclic amines) is 1. The van der Waals surface area contributed by atoms with Crippen LogP contribution in [0.4, 0.5) is 5.69 Å². The zero-order valence-electron chi connectivity index (χ0n) is 14.7. The molecule has 1 atom stereocenters. The first-order valence-electron chi connectivity index (χ1n) is 9.12. The van der Waals surface area contributed by atoms with Crippen molar-refractivity contribution in [3.63, 3.8) is 0 Å². The molecule has 26 heavy (non-hydrogen) atoms. The van der Waals surface area contributed by atoms with Crippen LogP contribution in [0.2, 0.25) is 0 Å². The first-order valence-corrected chi connectivity index (χ1v) is 9.12. The van der Waals surface area contributed by atoms with E-state index in [1.54, 1.807) is 6.07 Å². The zero-order chi connectivity index (χ0) is 18.5. The molecule has 1 aromatic rings. The third-order valence-corrected chi connectivity index (χ3v) is 4.88. The van der Waals surface area contributed by atoms with E-state index in [1.807, 2.05) is 12.1 Å². The molecule has 2 amide bonds. The van der Waals surface area contributed by atoms with Gasteiger partial charge in [0.05, 0.1) is 6.61 Å². The zero-order valence-corrected chi connectivity index (χ0v) is 14.7. The van der Waals surface area contributed by atoms with Crippen LogP contribution in [0.25, 0.3) is 0 Å². The van der Waals surface area contributed by atoms with Crippen molar-refractivity contribution in [1.82, 2.24) is 4.90 Å². The lowest BCUT2D eigenvalue weighted by atomic mass is 10.0. The summed E-state index contributed by atoms with van der Waals surface area (Å²) < 4.78 is 5.71. The molecule has 7 heteroatoms. The van der Waals surface area contributed by atoms with Crippen LogP contribution in [0.1, 0.15) is 44.1 Å². The Bertz CT molecular complexity index is 703. The number of amides is 2. The normalized spacial score (nSPS) is 19.5. The molecule has 7 nitrogen and oxygen atoms in total. The third-order valence-electron chi connectivity index (χ3n) is 4.88. The fourth-order valence-corrected chi connectivity index (χ4v) is 3.49. The van der Waals surface area contributed by atoms with E-state index in [9.17, 15) is 19.5 Å². The Morgan fingerprint density at radius 3 is 2.92 bits per heavy atom. The van der Waals surface area contributed by atoms with Gasteiger partial charge in [-0.25, -0.2) is 4.79 Å². The van der Waals surface area contributed by atoms with Crippen molar-refractivity contribution < 1.29 is 24.2 Å². The Morgan fingerprint density at radius 1 is 1.27 bits per heavy atom. The Hall–Kier alpha value is -2.57. The number of hydrogen-bond donors (Lipinski definition) is 2. The molecule has 0 aliphatic carbocycles. The molecule has 2 N–H and O–H groups in total. The van der Waals surface area contributed by atoms with Gasteiger partial charge in [0.15, 0.2) is 0 Å². The molecule has 1 fully saturated rings. The Balaban J connectivity index is 1.46. The van der Waals surface area contributed by atoms with Crippen molar-refractivity contribution in [2.45, 2.75) is 51.0 Å². The fourth-order valence-electron chi connectivity index (χ4n) is 3.49. The number of rotatable bonds is 6. The molecule has 0 radical (unpaired) electrons. The lowest BCUT2D eigenvalue weighted by molar-refractivity contribution is -0.152. The maximum Gasteiger partial charge on any atom is 0.326 e. The van der Waals surface area contributed by atoms with E-state index >= 15 is 0 Å². The van der Waals surface area contributed by atoms with E-state index < -0.39 is 12.0 Å². The van der Waals surface area contributed by atoms with Crippen molar-refractivity contribution in [2.75, 3.05) is 18.5 Å². The van der Waals surface area contributed by atoms with Crippen LogP contribution in [0.15, 0.2) is 18.2 Å². The lowest BCUT2D eigenvalue weighted by Crippen LogP contribution is -2.47. The summed E-state index contributed by atoms with van der Waals surface area (Å²) in [6.07, 6.45) is 4.23. The molecular weight excluding hydrogens is 336 g/mol. The predicted molar refractivity (Wildman–Crippen MR) is 95.1 cm³/mol. The number of aliphatic carboxylic acids is 1. The summed E-state index contributed by atoms with van der Waals surface area (Å²) in [5.74, 6) is -0.292. The number of nitrogens with one attached hydrogen (secondary N) is 1. The molecule has 1 saturated heterocycles. The van der Waals surface area contributed by atoms with Crippen molar-refractivity contribution >= 4 is 23.5 Å². The Morgan fingerprint density at radius 2 is 2.12 bits per heavy atom. The number of carboxylic acid groups (broad SMARTS) is 1. The number of fused-ring (bicyclic) bond motifs is 1. The van der Waals surface area contributed by atoms with Crippen molar-refractivity contribution in [3.05, 3.63) is 23.8 Å². The second-order valence-electron chi connectivity index (χ2n) is 6.76. The van der Waals surface area contributed by atoms with Gasteiger partial charge < -0.3 is 20.1 Å². The molecule has 2 aliphatic heterocycles. The van der Waals surface area contributed by atoms with Gasteiger partial charge in [0.1, 0.15) is 11.8 Å². The smallest absolute Gasteiger partial charge is 0.326 e. The van der Waals surface area contributed by atoms with Crippen molar-refractivity contribution in [1.29, 1.82) is 0 Å². The van der Waals surface area contributed by atoms with Crippen LogP contribution in [0, 0.1) is 0 Å². The first-order chi connectivity index (χ1) is 12.5. The first kappa shape index (κ1) is 18.2. The van der Waals surface area contributed by atoms with Gasteiger partial charge in [-0.3, -0.25) is 9.59 Å². The van der Waals surface area contributed by atoms with E-state index in [4.69, 9.17) is 4.74 Å². The van der Waals surface area contributed by atoms with E-state index in [0.29, 0.717) is 44.6 Å². The quantitative estimate of drug-likeness (QED) is 0.758. The number of hydrogen-bond acceptors (Lipinski definition) is 4. The van der Waals surface area contributed by atoms with Crippen LogP contribution in [0.5, 0.6) is 5.75 Å². The van der Waals surface area contributed by atoms with Gasteiger partial charge in [-0.2, -0.15) is 0 Å². The number of carbonyl (C=O) groups is 3. The number of aryl methyl sites for hydroxylation is 1. The van der Waals surface area contributed by atoms with E-state index in [-0.39, 0.29) is 18.2 Å². The summed E-state index contributed by atoms with van der Waals surface area (Å²) in [6, 6.07) is 4.87. The second kappa shape index (κ2) is 8.21. The summed E-state index contributed by atoms with van der Waals surface area (Å²) >= 11 is 0. The molecular formula is C19H24N2O5. The largest absolute Gasteiger partial charge is 0.494 e. The summed E-state index contributed by atoms with van der Waals surface area (Å²) in [6.45, 7) is 0.912. The molecule has 1 aromatic carbocycles. The van der Waals surface area contributed by atoms with E-state index in [2.05, 4.69) is 5.32 Å². The summed E-state index contributed by atoms with van der Waals surface area (Å²) in [5, 5.41) is 12.1. The summed E-state index contributed by atoms with van der Waals surface area (Å²) in [5.41, 5.74) is 1.88. The summed E-state index contributed by atoms with van der Waals surface area (Å²) in [7, 11) is 0. The van der Waals surface area contributed by atoms with Crippen LogP contribution in [-0.2, 0) is 20.8 Å². The minimum atomic E-state index is -0.921. The molecule has 0 bridgehead atoms. The van der Waals surface area contributed by atoms with Crippen LogP contribution in [-0.4, -0.2) is 47.0 Å². The monoisotopic (exact) mass is 360 g/mol. The van der Waals surface area contributed by atoms with Crippen LogP contribution < -0.4 is 10.1 Å². The van der Waals surface area contributed by atoms with Crippen LogP contribution >= 0.6 is 0 Å². The van der Waals surface area contributed by atoms with Gasteiger partial charge in [-0.05, 0) is 55.9 Å². The highest BCUT2D eigenvalue weighted by Gasteiger charge is 2.31. The highest BCUT2D eigenvalue weighted by Crippen LogP contribution is 2.27. The van der Waals surface area contributed by atoms with Crippen molar-refractivity contribution in [2.24, 2.45) is 0 Å². The Kier molecular flexibility index (Phi) is 5.75. The van der Waals surface area contributed by atoms with Gasteiger partial charge >= 0.3 is 5.97 Å². The SMILES string of the molecule is O=C1CCc2cc(OCCCC(=O)N3CCCCC3C(=O)O)ccc2N1. The predicted octanol–water partition coefficient (Wildman–Crippen LogP) is 2.20. The number of carbonyl (C=O) groups excluding carboxylic acids is 2. The average Bonchev–Trinajstić information content (AvgIpc) is 2.65. The number of piperidine rings is 1. The van der Waals surface area contributed by atoms with Gasteiger partial charge in [0.25, 0.3) is 0 Å². The highest BCUT2D eigenvalue weighted by molar-refractivity contribution is 5.94. The van der Waals surface area contributed by atoms with Crippen molar-refractivity contribution in [3.8, 4) is 5.75 Å². The molecule has 140 valence electrons. The second-order valence-corrected chi connectivity index (χ2v) is 6.76. The minimum absolute atomic E-state index is 0.0297.